The molecule has 1 fully saturated rings. The molecule has 0 bridgehead atoms. The molecule has 1 atom stereocenters. The number of halogens is 1. The van der Waals surface area contributed by atoms with E-state index in [9.17, 15) is 4.79 Å². The van der Waals surface area contributed by atoms with Crippen molar-refractivity contribution in [2.24, 2.45) is 5.92 Å². The Morgan fingerprint density at radius 2 is 2.17 bits per heavy atom. The number of amides is 1. The first-order chi connectivity index (χ1) is 11.2. The van der Waals surface area contributed by atoms with Crippen LogP contribution < -0.4 is 10.6 Å². The SMILES string of the molecule is O=C(Nc1ccccc1Cl)c1cnc2n1C(C1CCC1)CNC2. The van der Waals surface area contributed by atoms with Crippen molar-refractivity contribution in [1.29, 1.82) is 0 Å². The molecule has 23 heavy (non-hydrogen) atoms. The number of imidazole rings is 1. The summed E-state index contributed by atoms with van der Waals surface area (Å²) in [6, 6.07) is 7.59. The van der Waals surface area contributed by atoms with Crippen LogP contribution in [0, 0.1) is 5.92 Å². The molecule has 120 valence electrons. The first-order valence-electron chi connectivity index (χ1n) is 8.07. The van der Waals surface area contributed by atoms with Crippen LogP contribution >= 0.6 is 11.6 Å². The molecule has 0 radical (unpaired) electrons. The van der Waals surface area contributed by atoms with Crippen LogP contribution in [0.1, 0.15) is 41.6 Å². The monoisotopic (exact) mass is 330 g/mol. The van der Waals surface area contributed by atoms with Crippen molar-refractivity contribution in [2.45, 2.75) is 31.8 Å². The first kappa shape index (κ1) is 14.7. The van der Waals surface area contributed by atoms with E-state index in [1.807, 2.05) is 12.1 Å². The molecule has 0 spiro atoms. The summed E-state index contributed by atoms with van der Waals surface area (Å²) in [7, 11) is 0. The lowest BCUT2D eigenvalue weighted by Crippen LogP contribution is -2.40. The number of nitrogens with one attached hydrogen (secondary N) is 2. The number of carbonyl (C=O) groups excluding carboxylic acids is 1. The van der Waals surface area contributed by atoms with E-state index in [4.69, 9.17) is 11.6 Å². The normalized spacial score (nSPS) is 20.7. The maximum atomic E-state index is 12.7. The second kappa shape index (κ2) is 5.98. The molecule has 5 nitrogen and oxygen atoms in total. The lowest BCUT2D eigenvalue weighted by molar-refractivity contribution is 0.100. The van der Waals surface area contributed by atoms with Gasteiger partial charge in [0.1, 0.15) is 11.5 Å². The number of aromatic nitrogens is 2. The Morgan fingerprint density at radius 1 is 1.35 bits per heavy atom. The smallest absolute Gasteiger partial charge is 0.273 e. The van der Waals surface area contributed by atoms with Gasteiger partial charge in [-0.15, -0.1) is 0 Å². The average molecular weight is 331 g/mol. The Hall–Kier alpha value is -1.85. The maximum Gasteiger partial charge on any atom is 0.273 e. The van der Waals surface area contributed by atoms with Gasteiger partial charge < -0.3 is 15.2 Å². The predicted octanol–water partition coefficient (Wildman–Crippen LogP) is 3.23. The van der Waals surface area contributed by atoms with Crippen LogP contribution in [0.3, 0.4) is 0 Å². The molecule has 1 saturated carbocycles. The van der Waals surface area contributed by atoms with Gasteiger partial charge in [-0.25, -0.2) is 4.98 Å². The number of hydrogen-bond acceptors (Lipinski definition) is 3. The third kappa shape index (κ3) is 2.64. The summed E-state index contributed by atoms with van der Waals surface area (Å²) in [5.74, 6) is 1.43. The van der Waals surface area contributed by atoms with E-state index >= 15 is 0 Å². The molecule has 1 aromatic carbocycles. The van der Waals surface area contributed by atoms with Crippen LogP contribution in [0.25, 0.3) is 0 Å². The number of rotatable bonds is 3. The number of benzene rings is 1. The largest absolute Gasteiger partial charge is 0.319 e. The van der Waals surface area contributed by atoms with Gasteiger partial charge in [0.25, 0.3) is 5.91 Å². The summed E-state index contributed by atoms with van der Waals surface area (Å²) in [5, 5.41) is 6.86. The van der Waals surface area contributed by atoms with Crippen LogP contribution in [-0.4, -0.2) is 22.0 Å². The Morgan fingerprint density at radius 3 is 2.91 bits per heavy atom. The number of hydrogen-bond donors (Lipinski definition) is 2. The van der Waals surface area contributed by atoms with Gasteiger partial charge in [-0.2, -0.15) is 0 Å². The molecule has 6 heteroatoms. The van der Waals surface area contributed by atoms with E-state index in [1.165, 1.54) is 19.3 Å². The number of anilines is 1. The molecule has 1 unspecified atom stereocenters. The topological polar surface area (TPSA) is 59.0 Å². The zero-order valence-electron chi connectivity index (χ0n) is 12.8. The van der Waals surface area contributed by atoms with Crippen molar-refractivity contribution in [2.75, 3.05) is 11.9 Å². The summed E-state index contributed by atoms with van der Waals surface area (Å²) in [6.45, 7) is 1.61. The second-order valence-electron chi connectivity index (χ2n) is 6.25. The minimum atomic E-state index is -0.150. The fraction of sp³-hybridized carbons (Fsp3) is 0.412. The first-order valence-corrected chi connectivity index (χ1v) is 8.44. The molecule has 2 heterocycles. The Bertz CT molecular complexity index is 738. The number of nitrogens with zero attached hydrogens (tertiary/aromatic N) is 2. The summed E-state index contributed by atoms with van der Waals surface area (Å²) in [5.41, 5.74) is 1.25. The van der Waals surface area contributed by atoms with Gasteiger partial charge in [0.15, 0.2) is 0 Å². The predicted molar refractivity (Wildman–Crippen MR) is 89.7 cm³/mol. The molecular weight excluding hydrogens is 312 g/mol. The van der Waals surface area contributed by atoms with Gasteiger partial charge >= 0.3 is 0 Å². The van der Waals surface area contributed by atoms with Crippen molar-refractivity contribution in [3.63, 3.8) is 0 Å². The lowest BCUT2D eigenvalue weighted by atomic mass is 9.79. The Balaban J connectivity index is 1.63. The summed E-state index contributed by atoms with van der Waals surface area (Å²) < 4.78 is 2.13. The van der Waals surface area contributed by atoms with Crippen LogP contribution in [-0.2, 0) is 6.54 Å². The highest BCUT2D eigenvalue weighted by atomic mass is 35.5. The second-order valence-corrected chi connectivity index (χ2v) is 6.66. The van der Waals surface area contributed by atoms with Gasteiger partial charge in [-0.05, 0) is 30.9 Å². The molecule has 1 aromatic heterocycles. The van der Waals surface area contributed by atoms with Crippen LogP contribution in [0.5, 0.6) is 0 Å². The van der Waals surface area contributed by atoms with Crippen LogP contribution in [0.4, 0.5) is 5.69 Å². The quantitative estimate of drug-likeness (QED) is 0.908. The van der Waals surface area contributed by atoms with E-state index in [0.717, 1.165) is 12.4 Å². The molecular formula is C17H19ClN4O. The number of fused-ring (bicyclic) bond motifs is 1. The zero-order valence-corrected chi connectivity index (χ0v) is 13.5. The van der Waals surface area contributed by atoms with Gasteiger partial charge in [-0.3, -0.25) is 4.79 Å². The van der Waals surface area contributed by atoms with Crippen molar-refractivity contribution < 1.29 is 4.79 Å². The average Bonchev–Trinajstić information content (AvgIpc) is 2.93. The van der Waals surface area contributed by atoms with Crippen LogP contribution in [0.15, 0.2) is 30.5 Å². The van der Waals surface area contributed by atoms with Crippen molar-refractivity contribution >= 4 is 23.2 Å². The summed E-state index contributed by atoms with van der Waals surface area (Å²) in [4.78, 5) is 17.2. The van der Waals surface area contributed by atoms with E-state index in [0.29, 0.717) is 34.9 Å². The van der Waals surface area contributed by atoms with E-state index in [1.54, 1.807) is 18.3 Å². The fourth-order valence-corrected chi connectivity index (χ4v) is 3.63. The third-order valence-electron chi connectivity index (χ3n) is 4.89. The minimum absolute atomic E-state index is 0.150. The highest BCUT2D eigenvalue weighted by Gasteiger charge is 2.34. The van der Waals surface area contributed by atoms with Gasteiger partial charge in [0.2, 0.25) is 0 Å². The van der Waals surface area contributed by atoms with E-state index in [-0.39, 0.29) is 5.91 Å². The van der Waals surface area contributed by atoms with Gasteiger partial charge in [0.05, 0.1) is 29.5 Å². The summed E-state index contributed by atoms with van der Waals surface area (Å²) >= 11 is 6.14. The summed E-state index contributed by atoms with van der Waals surface area (Å²) in [6.07, 6.45) is 5.43. The van der Waals surface area contributed by atoms with E-state index in [2.05, 4.69) is 20.2 Å². The molecule has 1 amide bonds. The molecule has 0 saturated heterocycles. The minimum Gasteiger partial charge on any atom is -0.319 e. The molecule has 1 aliphatic heterocycles. The fourth-order valence-electron chi connectivity index (χ4n) is 3.44. The van der Waals surface area contributed by atoms with Crippen molar-refractivity contribution in [3.8, 4) is 0 Å². The molecule has 1 aliphatic carbocycles. The molecule has 2 aliphatic rings. The lowest BCUT2D eigenvalue weighted by Gasteiger charge is -2.38. The third-order valence-corrected chi connectivity index (χ3v) is 5.22. The highest BCUT2D eigenvalue weighted by Crippen LogP contribution is 2.38. The Kier molecular flexibility index (Phi) is 3.83. The number of para-hydroxylation sites is 1. The highest BCUT2D eigenvalue weighted by molar-refractivity contribution is 6.33. The number of carbonyl (C=O) groups is 1. The molecule has 2 aromatic rings. The molecule has 2 N–H and O–H groups in total. The van der Waals surface area contributed by atoms with Crippen molar-refractivity contribution in [3.05, 3.63) is 47.0 Å². The molecule has 4 rings (SSSR count). The standard InChI is InChI=1S/C17H19ClN4O/c18-12-6-1-2-7-13(12)21-17(23)15-9-20-16-10-19-8-14(22(15)16)11-4-3-5-11/h1-2,6-7,9,11,14,19H,3-5,8,10H2,(H,21,23). The van der Waals surface area contributed by atoms with Gasteiger partial charge in [-0.1, -0.05) is 30.2 Å². The maximum absolute atomic E-state index is 12.7. The Labute approximate surface area is 140 Å². The van der Waals surface area contributed by atoms with E-state index < -0.39 is 0 Å². The van der Waals surface area contributed by atoms with Gasteiger partial charge in [0, 0.05) is 6.54 Å². The van der Waals surface area contributed by atoms with Crippen molar-refractivity contribution in [1.82, 2.24) is 14.9 Å². The van der Waals surface area contributed by atoms with Crippen LogP contribution in [0.2, 0.25) is 5.02 Å². The zero-order chi connectivity index (χ0) is 15.8.